The topological polar surface area (TPSA) is 144 Å². The monoisotopic (exact) mass is 533 g/mol. The Bertz CT molecular complexity index is 1280. The summed E-state index contributed by atoms with van der Waals surface area (Å²) >= 11 is -0.446. The van der Waals surface area contributed by atoms with Gasteiger partial charge in [0.1, 0.15) is 0 Å². The predicted molar refractivity (Wildman–Crippen MR) is 138 cm³/mol. The number of hydroxylamine groups is 1. The minimum Gasteiger partial charge on any atom is -0.479 e. The van der Waals surface area contributed by atoms with Crippen molar-refractivity contribution < 1.29 is 27.9 Å². The van der Waals surface area contributed by atoms with Gasteiger partial charge in [-0.3, -0.25) is 10.3 Å². The fraction of sp³-hybridized carbons (Fsp3) is 0.333. The fourth-order valence-corrected chi connectivity index (χ4v) is 6.66. The highest BCUT2D eigenvalue weighted by Crippen LogP contribution is 2.34. The van der Waals surface area contributed by atoms with E-state index in [4.69, 9.17) is 24.2 Å². The van der Waals surface area contributed by atoms with E-state index in [9.17, 15) is 13.2 Å². The van der Waals surface area contributed by atoms with Crippen molar-refractivity contribution in [2.24, 2.45) is 9.54 Å². The SMILES string of the molecule is CCCC[S+]1N=C2OCCC(NOCC(=O)O)=C2N1Cc1ccc(-c2ccccc2S(N)(=O)=O)cc1. The number of carboxylic acid groups (broad SMARTS) is 1. The van der Waals surface area contributed by atoms with Crippen molar-refractivity contribution in [1.82, 2.24) is 9.79 Å². The summed E-state index contributed by atoms with van der Waals surface area (Å²) in [4.78, 5) is 16.1. The maximum atomic E-state index is 12.0. The summed E-state index contributed by atoms with van der Waals surface area (Å²) in [5.74, 6) is 0.348. The number of aliphatic carboxylic acids is 1. The van der Waals surface area contributed by atoms with Gasteiger partial charge in [-0.2, -0.15) is 4.31 Å². The van der Waals surface area contributed by atoms with Crippen LogP contribution in [0.2, 0.25) is 0 Å². The number of nitrogens with one attached hydrogen (secondary N) is 1. The molecule has 1 atom stereocenters. The highest BCUT2D eigenvalue weighted by Gasteiger charge is 2.45. The van der Waals surface area contributed by atoms with Crippen molar-refractivity contribution in [3.63, 3.8) is 0 Å². The summed E-state index contributed by atoms with van der Waals surface area (Å²) in [6.45, 7) is 2.63. The number of fused-ring (bicyclic) bond motifs is 1. The number of unbranched alkanes of at least 4 members (excludes halogenated alkanes) is 1. The molecule has 0 saturated carbocycles. The zero-order valence-corrected chi connectivity index (χ0v) is 21.5. The number of carboxylic acids is 1. The number of rotatable bonds is 11. The van der Waals surface area contributed by atoms with Crippen LogP contribution >= 0.6 is 0 Å². The maximum Gasteiger partial charge on any atom is 0.332 e. The molecule has 2 aromatic rings. The number of hydrogen-bond acceptors (Lipinski definition) is 8. The first kappa shape index (κ1) is 26.0. The number of benzene rings is 2. The molecule has 0 spiro atoms. The Morgan fingerprint density at radius 1 is 1.25 bits per heavy atom. The van der Waals surface area contributed by atoms with E-state index in [-0.39, 0.29) is 4.90 Å². The largest absolute Gasteiger partial charge is 0.479 e. The second-order valence-corrected chi connectivity index (χ2v) is 11.5. The van der Waals surface area contributed by atoms with Crippen molar-refractivity contribution in [2.75, 3.05) is 19.0 Å². The summed E-state index contributed by atoms with van der Waals surface area (Å²) in [7, 11) is -3.86. The van der Waals surface area contributed by atoms with Gasteiger partial charge in [0, 0.05) is 16.4 Å². The molecular weight excluding hydrogens is 504 g/mol. The zero-order chi connectivity index (χ0) is 25.7. The Kier molecular flexibility index (Phi) is 8.19. The van der Waals surface area contributed by atoms with E-state index >= 15 is 0 Å². The van der Waals surface area contributed by atoms with Gasteiger partial charge in [-0.1, -0.05) is 55.8 Å². The van der Waals surface area contributed by atoms with Crippen LogP contribution < -0.4 is 10.6 Å². The van der Waals surface area contributed by atoms with Crippen LogP contribution in [-0.2, 0) is 42.2 Å². The Labute approximate surface area is 213 Å². The molecule has 0 fully saturated rings. The van der Waals surface area contributed by atoms with E-state index in [2.05, 4.69) is 16.7 Å². The number of sulfonamides is 1. The summed E-state index contributed by atoms with van der Waals surface area (Å²) in [6.07, 6.45) is 2.58. The average Bonchev–Trinajstić information content (AvgIpc) is 3.20. The summed E-state index contributed by atoms with van der Waals surface area (Å²) in [5.41, 5.74) is 6.62. The molecule has 2 heterocycles. The molecular formula is C24H29N4O6S2+. The third-order valence-electron chi connectivity index (χ3n) is 5.63. The molecule has 0 amide bonds. The van der Waals surface area contributed by atoms with E-state index in [0.29, 0.717) is 31.0 Å². The van der Waals surface area contributed by atoms with Crippen molar-refractivity contribution in [3.8, 4) is 11.1 Å². The lowest BCUT2D eigenvalue weighted by Crippen LogP contribution is -2.34. The summed E-state index contributed by atoms with van der Waals surface area (Å²) in [6, 6.07) is 14.3. The number of nitrogens with zero attached hydrogens (tertiary/aromatic N) is 2. The molecule has 2 aliphatic rings. The molecule has 0 aliphatic carbocycles. The number of nitrogens with two attached hydrogens (primary N) is 1. The quantitative estimate of drug-likeness (QED) is 0.295. The van der Waals surface area contributed by atoms with Gasteiger partial charge in [0.2, 0.25) is 10.0 Å². The van der Waals surface area contributed by atoms with Crippen LogP contribution in [0.1, 0.15) is 31.7 Å². The van der Waals surface area contributed by atoms with E-state index in [0.717, 1.165) is 41.1 Å². The highest BCUT2D eigenvalue weighted by atomic mass is 32.2. The smallest absolute Gasteiger partial charge is 0.332 e. The predicted octanol–water partition coefficient (Wildman–Crippen LogP) is 2.70. The molecule has 4 N–H and O–H groups in total. The standard InChI is InChI=1S/C24H28N4O6S2/c1-2-3-14-35-27-24-23(20(12-13-33-24)26-34-16-22(29)30)28(35)15-17-8-10-18(11-9-17)19-6-4-5-7-21(19)36(25,31)32/h4-11H,2-3,12-16H2,1H3,(H3-,25,26,27,29,30,31,32)/p+1. The van der Waals surface area contributed by atoms with Gasteiger partial charge in [-0.05, 0) is 23.6 Å². The molecule has 0 aromatic heterocycles. The molecule has 12 heteroatoms. The molecule has 0 radical (unpaired) electrons. The van der Waals surface area contributed by atoms with Crippen molar-refractivity contribution >= 4 is 33.2 Å². The molecule has 1 unspecified atom stereocenters. The molecule has 0 saturated heterocycles. The van der Waals surface area contributed by atoms with Gasteiger partial charge in [0.25, 0.3) is 17.2 Å². The van der Waals surface area contributed by atoms with Crippen molar-refractivity contribution in [1.29, 1.82) is 0 Å². The van der Waals surface area contributed by atoms with Crippen LogP contribution in [0.5, 0.6) is 0 Å². The van der Waals surface area contributed by atoms with Crippen LogP contribution in [0.25, 0.3) is 11.1 Å². The maximum absolute atomic E-state index is 12.0. The molecule has 0 bridgehead atoms. The van der Waals surface area contributed by atoms with Gasteiger partial charge < -0.3 is 9.84 Å². The Morgan fingerprint density at radius 2 is 2.00 bits per heavy atom. The van der Waals surface area contributed by atoms with E-state index < -0.39 is 33.9 Å². The third-order valence-corrected chi connectivity index (χ3v) is 8.45. The fourth-order valence-electron chi connectivity index (χ4n) is 3.92. The summed E-state index contributed by atoms with van der Waals surface area (Å²) in [5, 5.41) is 14.3. The van der Waals surface area contributed by atoms with Crippen LogP contribution in [0.15, 0.2) is 69.2 Å². The Morgan fingerprint density at radius 3 is 2.69 bits per heavy atom. The first-order valence-corrected chi connectivity index (χ1v) is 14.4. The molecule has 10 nitrogen and oxygen atoms in total. The van der Waals surface area contributed by atoms with Gasteiger partial charge in [0.05, 0.1) is 23.7 Å². The first-order chi connectivity index (χ1) is 17.3. The Hall–Kier alpha value is -3.06. The van der Waals surface area contributed by atoms with Crippen LogP contribution in [0, 0.1) is 0 Å². The lowest BCUT2D eigenvalue weighted by atomic mass is 10.0. The minimum atomic E-state index is -3.86. The highest BCUT2D eigenvalue weighted by molar-refractivity contribution is 7.94. The molecule has 4 rings (SSSR count). The van der Waals surface area contributed by atoms with Crippen LogP contribution in [0.4, 0.5) is 0 Å². The summed E-state index contributed by atoms with van der Waals surface area (Å²) < 4.78 is 36.9. The molecule has 2 aliphatic heterocycles. The number of primary sulfonamides is 1. The van der Waals surface area contributed by atoms with E-state index in [1.807, 2.05) is 24.3 Å². The van der Waals surface area contributed by atoms with E-state index in [1.54, 1.807) is 18.2 Å². The zero-order valence-electron chi connectivity index (χ0n) is 19.8. The minimum absolute atomic E-state index is 0.0815. The van der Waals surface area contributed by atoms with Crippen LogP contribution in [-0.4, -0.2) is 48.7 Å². The third kappa shape index (κ3) is 6.01. The molecule has 192 valence electrons. The van der Waals surface area contributed by atoms with Crippen molar-refractivity contribution in [3.05, 3.63) is 65.5 Å². The van der Waals surface area contributed by atoms with Gasteiger partial charge in [-0.15, -0.1) is 0 Å². The number of hydrogen-bond donors (Lipinski definition) is 3. The second kappa shape index (κ2) is 11.3. The van der Waals surface area contributed by atoms with E-state index in [1.165, 1.54) is 6.07 Å². The van der Waals surface area contributed by atoms with Gasteiger partial charge >= 0.3 is 5.97 Å². The van der Waals surface area contributed by atoms with Gasteiger partial charge in [-0.25, -0.2) is 18.4 Å². The van der Waals surface area contributed by atoms with Gasteiger partial charge in [0.15, 0.2) is 18.1 Å². The first-order valence-electron chi connectivity index (χ1n) is 11.5. The number of carbonyl (C=O) groups is 1. The second-order valence-electron chi connectivity index (χ2n) is 8.28. The number of ether oxygens (including phenoxy) is 1. The molecule has 36 heavy (non-hydrogen) atoms. The lowest BCUT2D eigenvalue weighted by molar-refractivity contribution is -0.144. The van der Waals surface area contributed by atoms with Crippen LogP contribution in [0.3, 0.4) is 0 Å². The molecule has 2 aromatic carbocycles. The average molecular weight is 534 g/mol. The lowest BCUT2D eigenvalue weighted by Gasteiger charge is -2.23. The normalized spacial score (nSPS) is 17.4. The Balaban J connectivity index is 1.61. The van der Waals surface area contributed by atoms with Crippen molar-refractivity contribution in [2.45, 2.75) is 37.6 Å².